The molecule has 0 atom stereocenters. The molecule has 2 rings (SSSR count). The molecule has 1 heterocycles. The first kappa shape index (κ1) is 7.71. The van der Waals surface area contributed by atoms with Gasteiger partial charge < -0.3 is 4.37 Å². The Morgan fingerprint density at radius 2 is 1.92 bits per heavy atom. The van der Waals surface area contributed by atoms with E-state index < -0.39 is 0 Å². The number of nitrogens with one attached hydrogen (secondary N) is 1. The molecule has 3 heteroatoms. The molecule has 0 aliphatic heterocycles. The lowest BCUT2D eigenvalue weighted by Gasteiger charge is -1.93. The van der Waals surface area contributed by atoms with Crippen LogP contribution in [0, 0.1) is 4.64 Å². The fourth-order valence-corrected chi connectivity index (χ4v) is 2.11. The summed E-state index contributed by atoms with van der Waals surface area (Å²) < 4.78 is 3.85. The van der Waals surface area contributed by atoms with Gasteiger partial charge in [-0.2, -0.15) is 0 Å². The van der Waals surface area contributed by atoms with E-state index in [9.17, 15) is 0 Å². The van der Waals surface area contributed by atoms with Crippen molar-refractivity contribution in [3.05, 3.63) is 40.4 Å². The summed E-state index contributed by atoms with van der Waals surface area (Å²) in [5.41, 5.74) is 2.30. The summed E-state index contributed by atoms with van der Waals surface area (Å²) in [7, 11) is 0. The first-order chi connectivity index (χ1) is 5.88. The van der Waals surface area contributed by atoms with E-state index in [1.54, 1.807) is 0 Å². The number of hydrogen-bond donors (Lipinski definition) is 1. The van der Waals surface area contributed by atoms with Crippen molar-refractivity contribution >= 4 is 23.8 Å². The Bertz CT molecular complexity index is 413. The Labute approximate surface area is 79.8 Å². The van der Waals surface area contributed by atoms with Gasteiger partial charge in [0.25, 0.3) is 0 Å². The highest BCUT2D eigenvalue weighted by atomic mass is 32.1. The number of hydrogen-bond acceptors (Lipinski definition) is 2. The molecule has 0 aliphatic carbocycles. The lowest BCUT2D eigenvalue weighted by molar-refractivity contribution is 1.52. The number of rotatable bonds is 1. The lowest BCUT2D eigenvalue weighted by Crippen LogP contribution is -1.72. The maximum atomic E-state index is 5.12. The van der Waals surface area contributed by atoms with Gasteiger partial charge in [-0.25, -0.2) is 0 Å². The molecule has 1 N–H and O–H groups in total. The van der Waals surface area contributed by atoms with Crippen LogP contribution >= 0.6 is 23.8 Å². The molecule has 1 aromatic heterocycles. The van der Waals surface area contributed by atoms with Crippen molar-refractivity contribution < 1.29 is 0 Å². The molecule has 0 bridgehead atoms. The molecule has 2 aromatic rings. The van der Waals surface area contributed by atoms with E-state index in [-0.39, 0.29) is 0 Å². The van der Waals surface area contributed by atoms with Gasteiger partial charge in [0.2, 0.25) is 0 Å². The van der Waals surface area contributed by atoms with Crippen molar-refractivity contribution in [3.63, 3.8) is 0 Å². The smallest absolute Gasteiger partial charge is 0.121 e. The average Bonchev–Trinajstić information content (AvgIpc) is 2.53. The van der Waals surface area contributed by atoms with E-state index >= 15 is 0 Å². The minimum Gasteiger partial charge on any atom is -0.301 e. The first-order valence-electron chi connectivity index (χ1n) is 3.59. The van der Waals surface area contributed by atoms with E-state index in [0.717, 1.165) is 10.2 Å². The van der Waals surface area contributed by atoms with Gasteiger partial charge in [-0.1, -0.05) is 54.1 Å². The largest absolute Gasteiger partial charge is 0.301 e. The van der Waals surface area contributed by atoms with Gasteiger partial charge in [0, 0.05) is 10.9 Å². The molecule has 0 saturated heterocycles. The van der Waals surface area contributed by atoms with Crippen LogP contribution < -0.4 is 0 Å². The van der Waals surface area contributed by atoms with Crippen molar-refractivity contribution in [1.82, 2.24) is 4.37 Å². The van der Waals surface area contributed by atoms with Gasteiger partial charge >= 0.3 is 0 Å². The van der Waals surface area contributed by atoms with Crippen LogP contribution in [0.3, 0.4) is 0 Å². The van der Waals surface area contributed by atoms with Gasteiger partial charge in [0.05, 0.1) is 0 Å². The molecule has 0 unspecified atom stereocenters. The maximum absolute atomic E-state index is 5.12. The number of aromatic amines is 1. The molecule has 0 fully saturated rings. The van der Waals surface area contributed by atoms with Crippen molar-refractivity contribution in [2.24, 2.45) is 0 Å². The van der Waals surface area contributed by atoms with E-state index in [1.807, 2.05) is 23.6 Å². The van der Waals surface area contributed by atoms with E-state index in [0.29, 0.717) is 0 Å². The van der Waals surface area contributed by atoms with Crippen LogP contribution in [-0.4, -0.2) is 4.37 Å². The van der Waals surface area contributed by atoms with Crippen LogP contribution in [0.1, 0.15) is 0 Å². The molecular weight excluding hydrogens is 186 g/mol. The van der Waals surface area contributed by atoms with E-state index in [4.69, 9.17) is 12.2 Å². The van der Waals surface area contributed by atoms with Crippen molar-refractivity contribution in [1.29, 1.82) is 0 Å². The summed E-state index contributed by atoms with van der Waals surface area (Å²) >= 11 is 6.65. The first-order valence-corrected chi connectivity index (χ1v) is 4.88. The average molecular weight is 193 g/mol. The SMILES string of the molecule is S=c1[nH]scc1-c1ccccc1. The number of benzene rings is 1. The third-order valence-electron chi connectivity index (χ3n) is 1.66. The number of H-pyrrole nitrogens is 1. The van der Waals surface area contributed by atoms with Crippen LogP contribution in [0.15, 0.2) is 35.7 Å². The molecule has 0 aliphatic rings. The van der Waals surface area contributed by atoms with Crippen molar-refractivity contribution in [3.8, 4) is 11.1 Å². The zero-order chi connectivity index (χ0) is 8.39. The Kier molecular flexibility index (Phi) is 2.06. The fourth-order valence-electron chi connectivity index (χ4n) is 1.07. The Hall–Kier alpha value is -0.930. The quantitative estimate of drug-likeness (QED) is 0.686. The van der Waals surface area contributed by atoms with Crippen LogP contribution in [-0.2, 0) is 0 Å². The molecule has 1 nitrogen and oxygen atoms in total. The zero-order valence-corrected chi connectivity index (χ0v) is 7.91. The molecule has 0 spiro atoms. The van der Waals surface area contributed by atoms with Crippen molar-refractivity contribution in [2.75, 3.05) is 0 Å². The van der Waals surface area contributed by atoms with Gasteiger partial charge in [-0.05, 0) is 5.56 Å². The maximum Gasteiger partial charge on any atom is 0.121 e. The summed E-state index contributed by atoms with van der Waals surface area (Å²) in [5, 5.41) is 2.04. The van der Waals surface area contributed by atoms with Crippen molar-refractivity contribution in [2.45, 2.75) is 0 Å². The Balaban J connectivity index is 2.59. The van der Waals surface area contributed by atoms with Crippen LogP contribution in [0.2, 0.25) is 0 Å². The summed E-state index contributed by atoms with van der Waals surface area (Å²) in [6.07, 6.45) is 0. The van der Waals surface area contributed by atoms with E-state index in [1.165, 1.54) is 17.1 Å². The molecular formula is C9H7NS2. The van der Waals surface area contributed by atoms with Gasteiger partial charge in [0.15, 0.2) is 0 Å². The monoisotopic (exact) mass is 193 g/mol. The van der Waals surface area contributed by atoms with Crippen LogP contribution in [0.5, 0.6) is 0 Å². The van der Waals surface area contributed by atoms with Gasteiger partial charge in [0.1, 0.15) is 4.64 Å². The molecule has 0 saturated carbocycles. The Morgan fingerprint density at radius 3 is 2.50 bits per heavy atom. The van der Waals surface area contributed by atoms with E-state index in [2.05, 4.69) is 16.5 Å². The molecule has 60 valence electrons. The standard InChI is InChI=1S/C9H7NS2/c11-9-8(6-12-10-9)7-4-2-1-3-5-7/h1-6H,(H,10,11). The molecule has 0 amide bonds. The molecule has 1 aromatic carbocycles. The topological polar surface area (TPSA) is 15.8 Å². The molecule has 0 radical (unpaired) electrons. The second-order valence-electron chi connectivity index (χ2n) is 2.45. The summed E-state index contributed by atoms with van der Waals surface area (Å²) in [4.78, 5) is 0. The predicted molar refractivity (Wildman–Crippen MR) is 54.9 cm³/mol. The fraction of sp³-hybridized carbons (Fsp3) is 0. The normalized spacial score (nSPS) is 10.0. The third kappa shape index (κ3) is 1.33. The highest BCUT2D eigenvalue weighted by Crippen LogP contribution is 2.21. The lowest BCUT2D eigenvalue weighted by atomic mass is 10.1. The summed E-state index contributed by atoms with van der Waals surface area (Å²) in [6, 6.07) is 10.2. The Morgan fingerprint density at radius 1 is 1.17 bits per heavy atom. The minimum atomic E-state index is 0.825. The zero-order valence-electron chi connectivity index (χ0n) is 6.28. The van der Waals surface area contributed by atoms with Gasteiger partial charge in [-0.15, -0.1) is 0 Å². The summed E-state index contributed by atoms with van der Waals surface area (Å²) in [5.74, 6) is 0. The van der Waals surface area contributed by atoms with Crippen LogP contribution in [0.4, 0.5) is 0 Å². The predicted octanol–water partition coefficient (Wildman–Crippen LogP) is 3.47. The van der Waals surface area contributed by atoms with Gasteiger partial charge in [-0.3, -0.25) is 0 Å². The molecule has 12 heavy (non-hydrogen) atoms. The highest BCUT2D eigenvalue weighted by Gasteiger charge is 1.98. The third-order valence-corrected chi connectivity index (χ3v) is 2.78. The number of aromatic nitrogens is 1. The second kappa shape index (κ2) is 3.21. The second-order valence-corrected chi connectivity index (χ2v) is 3.53. The highest BCUT2D eigenvalue weighted by molar-refractivity contribution is 7.71. The van der Waals surface area contributed by atoms with Crippen LogP contribution in [0.25, 0.3) is 11.1 Å². The summed E-state index contributed by atoms with van der Waals surface area (Å²) in [6.45, 7) is 0. The minimum absolute atomic E-state index is 0.825.